The van der Waals surface area contributed by atoms with Crippen LogP contribution in [-0.4, -0.2) is 25.5 Å². The minimum atomic E-state index is -0.0863. The molecule has 1 aromatic carbocycles. The van der Waals surface area contributed by atoms with Gasteiger partial charge in [0.2, 0.25) is 0 Å². The van der Waals surface area contributed by atoms with E-state index in [2.05, 4.69) is 15.1 Å². The molecular weight excluding hydrogens is 288 g/mol. The van der Waals surface area contributed by atoms with Crippen LogP contribution in [0.3, 0.4) is 0 Å². The van der Waals surface area contributed by atoms with Crippen molar-refractivity contribution in [2.75, 3.05) is 0 Å². The highest BCUT2D eigenvalue weighted by Crippen LogP contribution is 2.13. The van der Waals surface area contributed by atoms with Crippen molar-refractivity contribution in [3.05, 3.63) is 72.3 Å². The van der Waals surface area contributed by atoms with Crippen molar-refractivity contribution in [2.45, 2.75) is 13.5 Å². The number of aryl methyl sites for hydroxylation is 1. The first kappa shape index (κ1) is 14.8. The fourth-order valence-corrected chi connectivity index (χ4v) is 2.09. The molecule has 0 atom stereocenters. The van der Waals surface area contributed by atoms with Gasteiger partial charge < -0.3 is 0 Å². The maximum Gasteiger partial charge on any atom is 0.189 e. The number of allylic oxidation sites excluding steroid dienone is 1. The van der Waals surface area contributed by atoms with Crippen molar-refractivity contribution in [2.24, 2.45) is 0 Å². The van der Waals surface area contributed by atoms with Crippen LogP contribution in [0.4, 0.5) is 0 Å². The van der Waals surface area contributed by atoms with Crippen LogP contribution in [0, 0.1) is 0 Å². The van der Waals surface area contributed by atoms with Crippen molar-refractivity contribution < 1.29 is 4.79 Å². The summed E-state index contributed by atoms with van der Waals surface area (Å²) in [5.41, 5.74) is 2.32. The summed E-state index contributed by atoms with van der Waals surface area (Å²) in [4.78, 5) is 20.7. The summed E-state index contributed by atoms with van der Waals surface area (Å²) < 4.78 is 1.72. The van der Waals surface area contributed by atoms with Gasteiger partial charge in [0, 0.05) is 36.3 Å². The summed E-state index contributed by atoms with van der Waals surface area (Å²) in [5, 5.41) is 4.09. The fourth-order valence-electron chi connectivity index (χ4n) is 2.09. The van der Waals surface area contributed by atoms with Crippen LogP contribution in [0.2, 0.25) is 0 Å². The number of hydrogen-bond donors (Lipinski definition) is 0. The Bertz CT molecular complexity index is 820. The molecule has 5 heteroatoms. The van der Waals surface area contributed by atoms with Gasteiger partial charge in [-0.15, -0.1) is 0 Å². The second-order valence-corrected chi connectivity index (χ2v) is 4.99. The van der Waals surface area contributed by atoms with Gasteiger partial charge in [0.1, 0.15) is 0 Å². The third-order valence-corrected chi connectivity index (χ3v) is 3.37. The highest BCUT2D eigenvalue weighted by Gasteiger charge is 2.05. The molecule has 0 fully saturated rings. The maximum absolute atomic E-state index is 12.1. The van der Waals surface area contributed by atoms with Crippen LogP contribution in [0.1, 0.15) is 22.8 Å². The number of ketones is 1. The number of hydrogen-bond acceptors (Lipinski definition) is 4. The first-order chi connectivity index (χ1) is 11.3. The van der Waals surface area contributed by atoms with Crippen molar-refractivity contribution in [3.8, 4) is 11.4 Å². The number of carbonyl (C=O) groups excluding carboxylic acids is 1. The number of rotatable bonds is 5. The van der Waals surface area contributed by atoms with Gasteiger partial charge in [-0.2, -0.15) is 5.10 Å². The molecule has 0 saturated carbocycles. The van der Waals surface area contributed by atoms with Crippen LogP contribution in [0.5, 0.6) is 0 Å². The Hall–Kier alpha value is -3.08. The van der Waals surface area contributed by atoms with Gasteiger partial charge in [0.15, 0.2) is 11.6 Å². The normalized spacial score (nSPS) is 11.0. The summed E-state index contributed by atoms with van der Waals surface area (Å²) in [6, 6.07) is 9.76. The summed E-state index contributed by atoms with van der Waals surface area (Å²) in [5.74, 6) is 0.579. The summed E-state index contributed by atoms with van der Waals surface area (Å²) >= 11 is 0. The van der Waals surface area contributed by atoms with E-state index in [1.54, 1.807) is 35.5 Å². The van der Waals surface area contributed by atoms with E-state index in [-0.39, 0.29) is 5.78 Å². The molecule has 0 saturated heterocycles. The third kappa shape index (κ3) is 3.58. The van der Waals surface area contributed by atoms with Crippen molar-refractivity contribution in [3.63, 3.8) is 0 Å². The zero-order valence-corrected chi connectivity index (χ0v) is 12.8. The Morgan fingerprint density at radius 2 is 1.87 bits per heavy atom. The van der Waals surface area contributed by atoms with E-state index < -0.39 is 0 Å². The van der Waals surface area contributed by atoms with E-state index in [0.29, 0.717) is 11.4 Å². The fraction of sp³-hybridized carbons (Fsp3) is 0.111. The van der Waals surface area contributed by atoms with Gasteiger partial charge >= 0.3 is 0 Å². The van der Waals surface area contributed by atoms with E-state index >= 15 is 0 Å². The number of carbonyl (C=O) groups is 1. The zero-order chi connectivity index (χ0) is 16.1. The lowest BCUT2D eigenvalue weighted by Gasteiger charge is -1.99. The second-order valence-electron chi connectivity index (χ2n) is 4.99. The first-order valence-electron chi connectivity index (χ1n) is 7.38. The molecule has 114 valence electrons. The molecule has 0 amide bonds. The molecule has 0 radical (unpaired) electrons. The lowest BCUT2D eigenvalue weighted by atomic mass is 10.2. The lowest BCUT2D eigenvalue weighted by molar-refractivity contribution is 0.104. The smallest absolute Gasteiger partial charge is 0.189 e. The molecule has 0 spiro atoms. The van der Waals surface area contributed by atoms with E-state index in [9.17, 15) is 4.79 Å². The molecule has 3 rings (SSSR count). The maximum atomic E-state index is 12.1. The van der Waals surface area contributed by atoms with Crippen LogP contribution >= 0.6 is 0 Å². The molecule has 0 aliphatic rings. The van der Waals surface area contributed by atoms with Gasteiger partial charge in [-0.1, -0.05) is 30.3 Å². The standard InChI is InChI=1S/C18H16N4O/c1-2-22-13-16(12-21-22)17(23)9-8-14-10-19-18(20-11-14)15-6-4-3-5-7-15/h3-13H,2H2,1H3/b9-8-. The van der Waals surface area contributed by atoms with Gasteiger partial charge in [0.25, 0.3) is 0 Å². The predicted molar refractivity (Wildman–Crippen MR) is 88.7 cm³/mol. The Balaban J connectivity index is 1.71. The van der Waals surface area contributed by atoms with Gasteiger partial charge in [-0.25, -0.2) is 9.97 Å². The highest BCUT2D eigenvalue weighted by molar-refractivity contribution is 6.06. The van der Waals surface area contributed by atoms with E-state index in [1.807, 2.05) is 37.3 Å². The minimum Gasteiger partial charge on any atom is -0.289 e. The van der Waals surface area contributed by atoms with Crippen LogP contribution in [-0.2, 0) is 6.54 Å². The van der Waals surface area contributed by atoms with E-state index in [0.717, 1.165) is 17.7 Å². The molecule has 0 N–H and O–H groups in total. The second kappa shape index (κ2) is 6.79. The Labute approximate surface area is 134 Å². The molecule has 0 bridgehead atoms. The zero-order valence-electron chi connectivity index (χ0n) is 12.8. The Morgan fingerprint density at radius 3 is 2.52 bits per heavy atom. The molecule has 2 aromatic heterocycles. The molecule has 3 aromatic rings. The van der Waals surface area contributed by atoms with E-state index in [4.69, 9.17) is 0 Å². The van der Waals surface area contributed by atoms with Gasteiger partial charge in [-0.05, 0) is 19.1 Å². The quantitative estimate of drug-likeness (QED) is 0.536. The topological polar surface area (TPSA) is 60.7 Å². The summed E-state index contributed by atoms with van der Waals surface area (Å²) in [6.45, 7) is 2.72. The largest absolute Gasteiger partial charge is 0.289 e. The van der Waals surface area contributed by atoms with Crippen LogP contribution < -0.4 is 0 Å². The Kier molecular flexibility index (Phi) is 4.38. The predicted octanol–water partition coefficient (Wildman–Crippen LogP) is 3.26. The highest BCUT2D eigenvalue weighted by atomic mass is 16.1. The Morgan fingerprint density at radius 1 is 1.13 bits per heavy atom. The average Bonchev–Trinajstić information content (AvgIpc) is 3.10. The molecule has 2 heterocycles. The SMILES string of the molecule is CCn1cc(C(=O)/C=C\c2cnc(-c3ccccc3)nc2)cn1. The van der Waals surface area contributed by atoms with Crippen molar-refractivity contribution in [1.82, 2.24) is 19.7 Å². The first-order valence-corrected chi connectivity index (χ1v) is 7.38. The number of aromatic nitrogens is 4. The summed E-state index contributed by atoms with van der Waals surface area (Å²) in [6.07, 6.45) is 9.94. The average molecular weight is 304 g/mol. The van der Waals surface area contributed by atoms with Crippen LogP contribution in [0.25, 0.3) is 17.5 Å². The van der Waals surface area contributed by atoms with Crippen LogP contribution in [0.15, 0.2) is 61.2 Å². The molecule has 23 heavy (non-hydrogen) atoms. The molecule has 5 nitrogen and oxygen atoms in total. The lowest BCUT2D eigenvalue weighted by Crippen LogP contribution is -1.94. The van der Waals surface area contributed by atoms with E-state index in [1.165, 1.54) is 6.08 Å². The third-order valence-electron chi connectivity index (χ3n) is 3.37. The molecule has 0 unspecified atom stereocenters. The molecule has 0 aliphatic heterocycles. The van der Waals surface area contributed by atoms with Gasteiger partial charge in [-0.3, -0.25) is 9.48 Å². The van der Waals surface area contributed by atoms with Crippen molar-refractivity contribution in [1.29, 1.82) is 0 Å². The van der Waals surface area contributed by atoms with Crippen molar-refractivity contribution >= 4 is 11.9 Å². The molecular formula is C18H16N4O. The monoisotopic (exact) mass is 304 g/mol. The number of nitrogens with zero attached hydrogens (tertiary/aromatic N) is 4. The minimum absolute atomic E-state index is 0.0863. The van der Waals surface area contributed by atoms with Gasteiger partial charge in [0.05, 0.1) is 11.8 Å². The summed E-state index contributed by atoms with van der Waals surface area (Å²) in [7, 11) is 0. The molecule has 0 aliphatic carbocycles. The number of benzene rings is 1.